The van der Waals surface area contributed by atoms with Crippen LogP contribution in [0.4, 0.5) is 4.79 Å². The predicted octanol–water partition coefficient (Wildman–Crippen LogP) is 4.16. The summed E-state index contributed by atoms with van der Waals surface area (Å²) < 4.78 is 18.4. The maximum atomic E-state index is 14.0. The summed E-state index contributed by atoms with van der Waals surface area (Å²) in [6.45, 7) is 3.68. The van der Waals surface area contributed by atoms with Gasteiger partial charge in [-0.2, -0.15) is 0 Å². The SMILES string of the molecule is CCOC(=O)OC1(C2CCCCC2)CCN(C(=O)[C@@H](Cc2ccc(OC)cc2)NC(=S)NCCc2cn(C)cn2)CC1. The molecule has 1 aromatic carbocycles. The number of benzene rings is 1. The van der Waals surface area contributed by atoms with Crippen molar-refractivity contribution < 1.29 is 23.8 Å². The number of methoxy groups -OCH3 is 1. The van der Waals surface area contributed by atoms with E-state index in [-0.39, 0.29) is 18.4 Å². The van der Waals surface area contributed by atoms with Gasteiger partial charge in [-0.1, -0.05) is 31.4 Å². The second-order valence-electron chi connectivity index (χ2n) is 11.3. The molecule has 1 aliphatic heterocycles. The lowest BCUT2D eigenvalue weighted by atomic mass is 9.72. The van der Waals surface area contributed by atoms with Crippen LogP contribution < -0.4 is 15.4 Å². The number of aromatic nitrogens is 2. The Morgan fingerprint density at radius 2 is 1.86 bits per heavy atom. The number of piperidine rings is 1. The number of likely N-dealkylation sites (tertiary alicyclic amines) is 1. The fourth-order valence-corrected chi connectivity index (χ4v) is 6.41. The number of hydrogen-bond donors (Lipinski definition) is 2. The van der Waals surface area contributed by atoms with Crippen LogP contribution in [0.1, 0.15) is 63.1 Å². The van der Waals surface area contributed by atoms with E-state index >= 15 is 0 Å². The van der Waals surface area contributed by atoms with Gasteiger partial charge >= 0.3 is 6.16 Å². The molecular weight excluding hydrogens is 554 g/mol. The summed E-state index contributed by atoms with van der Waals surface area (Å²) in [6.07, 6.45) is 11.1. The molecule has 230 valence electrons. The monoisotopic (exact) mass is 599 g/mol. The van der Waals surface area contributed by atoms with Crippen molar-refractivity contribution in [2.45, 2.75) is 76.4 Å². The lowest BCUT2D eigenvalue weighted by Gasteiger charge is -2.47. The van der Waals surface area contributed by atoms with Crippen molar-refractivity contribution in [1.82, 2.24) is 25.1 Å². The second kappa shape index (κ2) is 15.2. The molecule has 1 atom stereocenters. The first kappa shape index (κ1) is 31.6. The zero-order valence-electron chi connectivity index (χ0n) is 25.1. The quantitative estimate of drug-likeness (QED) is 0.291. The highest BCUT2D eigenvalue weighted by Crippen LogP contribution is 2.42. The highest BCUT2D eigenvalue weighted by atomic mass is 32.1. The minimum atomic E-state index is -0.607. The largest absolute Gasteiger partial charge is 0.508 e. The summed E-state index contributed by atoms with van der Waals surface area (Å²) in [6, 6.07) is 7.17. The van der Waals surface area contributed by atoms with E-state index < -0.39 is 17.8 Å². The van der Waals surface area contributed by atoms with Crippen LogP contribution in [0.25, 0.3) is 0 Å². The molecule has 2 aromatic rings. The van der Waals surface area contributed by atoms with Crippen LogP contribution in [-0.4, -0.2) is 76.6 Å². The third-order valence-electron chi connectivity index (χ3n) is 8.45. The summed E-state index contributed by atoms with van der Waals surface area (Å²) >= 11 is 5.61. The summed E-state index contributed by atoms with van der Waals surface area (Å²) in [5.41, 5.74) is 1.38. The van der Waals surface area contributed by atoms with Crippen molar-refractivity contribution in [1.29, 1.82) is 0 Å². The number of carbonyl (C=O) groups excluding carboxylic acids is 2. The Morgan fingerprint density at radius 3 is 2.48 bits per heavy atom. The number of imidazole rings is 1. The van der Waals surface area contributed by atoms with Gasteiger partial charge in [0, 0.05) is 58.6 Å². The normalized spacial score (nSPS) is 17.6. The fraction of sp³-hybridized carbons (Fsp3) is 0.613. The van der Waals surface area contributed by atoms with Crippen molar-refractivity contribution in [2.24, 2.45) is 13.0 Å². The van der Waals surface area contributed by atoms with Gasteiger partial charge in [-0.3, -0.25) is 4.79 Å². The van der Waals surface area contributed by atoms with Crippen LogP contribution in [0.5, 0.6) is 5.75 Å². The highest BCUT2D eigenvalue weighted by molar-refractivity contribution is 7.80. The molecule has 0 spiro atoms. The van der Waals surface area contributed by atoms with Gasteiger partial charge in [-0.15, -0.1) is 0 Å². The Hall–Kier alpha value is -3.34. The first-order valence-corrected chi connectivity index (χ1v) is 15.5. The van der Waals surface area contributed by atoms with E-state index in [4.69, 9.17) is 26.4 Å². The smallest absolute Gasteiger partial charge is 0.497 e. The van der Waals surface area contributed by atoms with Crippen molar-refractivity contribution in [2.75, 3.05) is 33.4 Å². The van der Waals surface area contributed by atoms with Crippen LogP contribution in [0.2, 0.25) is 0 Å². The van der Waals surface area contributed by atoms with E-state index in [1.165, 1.54) is 6.42 Å². The fourth-order valence-electron chi connectivity index (χ4n) is 6.17. The molecule has 1 aliphatic carbocycles. The number of rotatable bonds is 11. The van der Waals surface area contributed by atoms with Gasteiger partial charge in [0.1, 0.15) is 17.4 Å². The highest BCUT2D eigenvalue weighted by Gasteiger charge is 2.46. The zero-order chi connectivity index (χ0) is 30.0. The molecule has 10 nitrogen and oxygen atoms in total. The van der Waals surface area contributed by atoms with E-state index in [9.17, 15) is 9.59 Å². The van der Waals surface area contributed by atoms with Gasteiger partial charge in [0.15, 0.2) is 5.11 Å². The summed E-state index contributed by atoms with van der Waals surface area (Å²) in [4.78, 5) is 32.7. The maximum Gasteiger partial charge on any atom is 0.508 e. The molecule has 42 heavy (non-hydrogen) atoms. The summed E-state index contributed by atoms with van der Waals surface area (Å²) in [5.74, 6) is 1.03. The van der Waals surface area contributed by atoms with E-state index in [2.05, 4.69) is 15.6 Å². The molecule has 0 unspecified atom stereocenters. The van der Waals surface area contributed by atoms with Gasteiger partial charge < -0.3 is 34.3 Å². The number of thiocarbonyl (C=S) groups is 1. The average molecular weight is 600 g/mol. The van der Waals surface area contributed by atoms with Crippen molar-refractivity contribution in [3.8, 4) is 5.75 Å². The van der Waals surface area contributed by atoms with E-state index in [0.717, 1.165) is 49.1 Å². The number of aryl methyl sites for hydroxylation is 1. The number of hydrogen-bond acceptors (Lipinski definition) is 7. The van der Waals surface area contributed by atoms with Gasteiger partial charge in [-0.05, 0) is 55.6 Å². The Balaban J connectivity index is 1.42. The molecule has 1 saturated heterocycles. The number of nitrogens with one attached hydrogen (secondary N) is 2. The average Bonchev–Trinajstić information content (AvgIpc) is 3.42. The molecule has 0 radical (unpaired) electrons. The standard InChI is InChI=1S/C31H45N5O5S/c1-4-40-30(38)41-31(24-8-6-5-7-9-24)15-18-36(19-16-31)28(37)27(20-23-10-12-26(39-3)13-11-23)34-29(42)32-17-14-25-21-35(2)22-33-25/h10-13,21-22,24,27H,4-9,14-20H2,1-3H3,(H2,32,34,42)/t27-/m1/s1. The molecule has 2 N–H and O–H groups in total. The van der Waals surface area contributed by atoms with Gasteiger partial charge in [0.2, 0.25) is 5.91 Å². The molecule has 2 aliphatic rings. The van der Waals surface area contributed by atoms with E-state index in [1.54, 1.807) is 20.4 Å². The molecule has 2 heterocycles. The molecule has 1 saturated carbocycles. The Morgan fingerprint density at radius 1 is 1.14 bits per heavy atom. The lowest BCUT2D eigenvalue weighted by molar-refractivity contribution is -0.142. The Bertz CT molecular complexity index is 1170. The topological polar surface area (TPSA) is 107 Å². The molecule has 11 heteroatoms. The van der Waals surface area contributed by atoms with Gasteiger partial charge in [0.05, 0.1) is 25.7 Å². The third-order valence-corrected chi connectivity index (χ3v) is 8.71. The van der Waals surface area contributed by atoms with Crippen molar-refractivity contribution >= 4 is 29.4 Å². The van der Waals surface area contributed by atoms with Crippen LogP contribution in [-0.2, 0) is 34.2 Å². The summed E-state index contributed by atoms with van der Waals surface area (Å²) in [5, 5.41) is 6.94. The number of carbonyl (C=O) groups is 2. The third kappa shape index (κ3) is 8.59. The minimum Gasteiger partial charge on any atom is -0.497 e. The predicted molar refractivity (Wildman–Crippen MR) is 164 cm³/mol. The number of ether oxygens (including phenoxy) is 3. The van der Waals surface area contributed by atoms with Gasteiger partial charge in [-0.25, -0.2) is 9.78 Å². The van der Waals surface area contributed by atoms with Crippen LogP contribution in [0.15, 0.2) is 36.8 Å². The van der Waals surface area contributed by atoms with Crippen LogP contribution in [0.3, 0.4) is 0 Å². The van der Waals surface area contributed by atoms with Crippen molar-refractivity contribution in [3.05, 3.63) is 48.0 Å². The first-order valence-electron chi connectivity index (χ1n) is 15.1. The Kier molecular flexibility index (Phi) is 11.5. The molecule has 0 bridgehead atoms. The molecule has 2 fully saturated rings. The van der Waals surface area contributed by atoms with E-state index in [0.29, 0.717) is 44.0 Å². The van der Waals surface area contributed by atoms with Crippen LogP contribution >= 0.6 is 12.2 Å². The van der Waals surface area contributed by atoms with Crippen LogP contribution in [0, 0.1) is 5.92 Å². The summed E-state index contributed by atoms with van der Waals surface area (Å²) in [7, 11) is 3.57. The molecular formula is C31H45N5O5S. The van der Waals surface area contributed by atoms with Gasteiger partial charge in [0.25, 0.3) is 0 Å². The molecule has 1 amide bonds. The number of amides is 1. The minimum absolute atomic E-state index is 0.0203. The number of nitrogens with zero attached hydrogens (tertiary/aromatic N) is 3. The first-order chi connectivity index (χ1) is 20.3. The zero-order valence-corrected chi connectivity index (χ0v) is 25.9. The molecule has 4 rings (SSSR count). The Labute approximate surface area is 254 Å². The second-order valence-corrected chi connectivity index (χ2v) is 11.7. The van der Waals surface area contributed by atoms with Crippen molar-refractivity contribution in [3.63, 3.8) is 0 Å². The maximum absolute atomic E-state index is 14.0. The molecule has 1 aromatic heterocycles. The lowest BCUT2D eigenvalue weighted by Crippen LogP contribution is -2.57. The van der Waals surface area contributed by atoms with E-state index in [1.807, 2.05) is 47.0 Å².